The maximum atomic E-state index is 5.88. The maximum Gasteiger partial charge on any atom is 0.128 e. The van der Waals surface area contributed by atoms with Crippen LogP contribution in [0.5, 0.6) is 0 Å². The van der Waals surface area contributed by atoms with Crippen molar-refractivity contribution in [3.05, 3.63) is 35.5 Å². The Morgan fingerprint density at radius 1 is 1.19 bits per heavy atom. The molecule has 3 aromatic rings. The molecule has 0 bridgehead atoms. The molecular weight excluding hydrogens is 201 g/mol. The summed E-state index contributed by atoms with van der Waals surface area (Å²) >= 11 is 0. The monoisotopic (exact) mass is 214 g/mol. The molecule has 80 valence electrons. The smallest absolute Gasteiger partial charge is 0.128 e. The van der Waals surface area contributed by atoms with Gasteiger partial charge in [0.05, 0.1) is 5.52 Å². The number of rotatable bonds is 0. The van der Waals surface area contributed by atoms with Gasteiger partial charge in [-0.25, -0.2) is 4.98 Å². The second-order valence-corrected chi connectivity index (χ2v) is 4.13. The van der Waals surface area contributed by atoms with E-state index in [2.05, 4.69) is 22.1 Å². The van der Waals surface area contributed by atoms with E-state index in [1.807, 2.05) is 26.0 Å². The molecule has 0 radical (unpaired) electrons. The zero-order chi connectivity index (χ0) is 11.3. The molecule has 0 spiro atoms. The number of aryl methyl sites for hydroxylation is 2. The van der Waals surface area contributed by atoms with E-state index in [1.165, 1.54) is 10.8 Å². The lowest BCUT2D eigenvalue weighted by molar-refractivity contribution is 1.22. The second-order valence-electron chi connectivity index (χ2n) is 4.13. The van der Waals surface area contributed by atoms with Crippen LogP contribution in [-0.4, -0.2) is 9.97 Å². The maximum absolute atomic E-state index is 5.88. The highest BCUT2D eigenvalue weighted by molar-refractivity contribution is 6.10. The number of nitrogens with two attached hydrogens (primary N) is 1. The Kier molecular flexibility index (Phi) is 1.72. The van der Waals surface area contributed by atoms with Gasteiger partial charge in [0, 0.05) is 27.5 Å². The van der Waals surface area contributed by atoms with Gasteiger partial charge in [-0.05, 0) is 19.9 Å². The predicted molar refractivity (Wildman–Crippen MR) is 67.5 cm³/mol. The molecule has 3 rings (SSSR count). The van der Waals surface area contributed by atoms with Gasteiger partial charge < -0.3 is 10.7 Å². The molecule has 3 nitrogen and oxygen atoms in total. The van der Waals surface area contributed by atoms with E-state index in [0.29, 0.717) is 5.82 Å². The SMILES string of the molecule is Cc1n[13c]([15NH2])c([13CH3])c2[nH]c3ccccc3c12. The molecule has 0 fully saturated rings. The highest BCUT2D eigenvalue weighted by atomic mass is 15.6. The molecule has 3 heteroatoms. The minimum Gasteiger partial charge on any atom is -0.383 e. The third-order valence-corrected chi connectivity index (χ3v) is 3.12. The summed E-state index contributed by atoms with van der Waals surface area (Å²) in [6.07, 6.45) is 0. The summed E-state index contributed by atoms with van der Waals surface area (Å²) in [6, 6.07) is 8.25. The summed E-state index contributed by atoms with van der Waals surface area (Å²) in [5.41, 5.74) is 10.1. The zero-order valence-corrected chi connectivity index (χ0v) is 9.33. The van der Waals surface area contributed by atoms with Crippen LogP contribution in [0.25, 0.3) is 21.8 Å². The number of fused-ring (bicyclic) bond motifs is 3. The average Bonchev–Trinajstić information content (AvgIpc) is 2.65. The first-order valence-electron chi connectivity index (χ1n) is 5.31. The largest absolute Gasteiger partial charge is 0.383 e. The lowest BCUT2D eigenvalue weighted by Gasteiger charge is -2.03. The number of hydrogen-bond donors (Lipinski definition) is 2. The number of para-hydroxylation sites is 1. The fourth-order valence-electron chi connectivity index (χ4n) is 2.25. The molecule has 0 saturated carbocycles. The molecule has 0 unspecified atom stereocenters. The highest BCUT2D eigenvalue weighted by Gasteiger charge is 2.11. The summed E-state index contributed by atoms with van der Waals surface area (Å²) in [5, 5.41) is 2.40. The lowest BCUT2D eigenvalue weighted by atomic mass is 10.1. The van der Waals surface area contributed by atoms with E-state index in [4.69, 9.17) is 5.73 Å². The second kappa shape index (κ2) is 2.98. The standard InChI is InChI=1S/C13H13N3/c1-7-12-11(8(2)15-13(7)14)9-5-3-4-6-10(9)16-12/h3-6,16H,1-2H3,(H2,14,15)/i1+1,13+1,14+1. The average molecular weight is 214 g/mol. The zero-order valence-electron chi connectivity index (χ0n) is 9.33. The van der Waals surface area contributed by atoms with Gasteiger partial charge in [0.1, 0.15) is 5.82 Å². The van der Waals surface area contributed by atoms with E-state index in [1.54, 1.807) is 0 Å². The summed E-state index contributed by atoms with van der Waals surface area (Å²) in [5.74, 6) is 0.608. The van der Waals surface area contributed by atoms with Crippen LogP contribution in [0.15, 0.2) is 24.3 Å². The van der Waals surface area contributed by atoms with Crippen molar-refractivity contribution in [2.75, 3.05) is 5.73 Å². The molecule has 0 amide bonds. The third-order valence-electron chi connectivity index (χ3n) is 3.12. The summed E-state index contributed by atoms with van der Waals surface area (Å²) in [4.78, 5) is 7.79. The topological polar surface area (TPSA) is 54.7 Å². The molecule has 2 heterocycles. The summed E-state index contributed by atoms with van der Waals surface area (Å²) in [7, 11) is 0. The highest BCUT2D eigenvalue weighted by Crippen LogP contribution is 2.30. The van der Waals surface area contributed by atoms with Gasteiger partial charge in [-0.15, -0.1) is 0 Å². The molecule has 0 atom stereocenters. The molecule has 1 aromatic carbocycles. The van der Waals surface area contributed by atoms with Crippen LogP contribution in [0.4, 0.5) is 5.82 Å². The number of aromatic nitrogens is 2. The number of nitrogens with zero attached hydrogens (tertiary/aromatic N) is 1. The first kappa shape index (κ1) is 9.21. The summed E-state index contributed by atoms with van der Waals surface area (Å²) < 4.78 is 0. The molecule has 0 aliphatic rings. The van der Waals surface area contributed by atoms with Gasteiger partial charge in [-0.3, -0.25) is 0 Å². The normalized spacial score (nSPS) is 11.4. The van der Waals surface area contributed by atoms with Crippen molar-refractivity contribution in [3.63, 3.8) is 0 Å². The van der Waals surface area contributed by atoms with E-state index in [-0.39, 0.29) is 0 Å². The molecule has 0 aliphatic heterocycles. The van der Waals surface area contributed by atoms with E-state index < -0.39 is 0 Å². The Morgan fingerprint density at radius 3 is 2.75 bits per heavy atom. The third kappa shape index (κ3) is 1.05. The molecule has 3 N–H and O–H groups in total. The van der Waals surface area contributed by atoms with Crippen molar-refractivity contribution in [2.45, 2.75) is 13.8 Å². The van der Waals surface area contributed by atoms with Crippen molar-refractivity contribution in [3.8, 4) is 0 Å². The number of benzene rings is 1. The Hall–Kier alpha value is -2.03. The number of H-pyrrole nitrogens is 1. The van der Waals surface area contributed by atoms with E-state index in [9.17, 15) is 0 Å². The number of nitrogens with one attached hydrogen (secondary N) is 1. The van der Waals surface area contributed by atoms with Crippen molar-refractivity contribution in [1.82, 2.24) is 9.97 Å². The predicted octanol–water partition coefficient (Wildman–Crippen LogP) is 2.92. The molecule has 0 aliphatic carbocycles. The van der Waals surface area contributed by atoms with Gasteiger partial charge in [0.15, 0.2) is 0 Å². The summed E-state index contributed by atoms with van der Waals surface area (Å²) in [6.45, 7) is 4.00. The molecular formula is C13H13N3. The van der Waals surface area contributed by atoms with Crippen LogP contribution in [0, 0.1) is 13.8 Å². The Morgan fingerprint density at radius 2 is 1.94 bits per heavy atom. The Labute approximate surface area is 93.3 Å². The van der Waals surface area contributed by atoms with Gasteiger partial charge in [-0.2, -0.15) is 0 Å². The van der Waals surface area contributed by atoms with Crippen LogP contribution >= 0.6 is 0 Å². The van der Waals surface area contributed by atoms with Gasteiger partial charge >= 0.3 is 0 Å². The minimum atomic E-state index is 0.608. The van der Waals surface area contributed by atoms with Crippen molar-refractivity contribution in [2.24, 2.45) is 0 Å². The Balaban J connectivity index is 2.64. The van der Waals surface area contributed by atoms with Crippen molar-refractivity contribution in [1.29, 1.82) is 0 Å². The van der Waals surface area contributed by atoms with Crippen molar-refractivity contribution < 1.29 is 0 Å². The number of nitrogen functional groups attached to an aromatic ring is 1. The lowest BCUT2D eigenvalue weighted by Crippen LogP contribution is -1.96. The number of aromatic amines is 1. The van der Waals surface area contributed by atoms with Gasteiger partial charge in [0.2, 0.25) is 0 Å². The number of hydrogen-bond acceptors (Lipinski definition) is 2. The quantitative estimate of drug-likeness (QED) is 0.446. The first-order chi connectivity index (χ1) is 7.68. The molecule has 0 saturated heterocycles. The van der Waals surface area contributed by atoms with Crippen LogP contribution in [0.3, 0.4) is 0 Å². The van der Waals surface area contributed by atoms with Crippen LogP contribution in [0.2, 0.25) is 0 Å². The van der Waals surface area contributed by atoms with Crippen LogP contribution in [-0.2, 0) is 0 Å². The van der Waals surface area contributed by atoms with Crippen LogP contribution in [0.1, 0.15) is 11.3 Å². The fourth-order valence-corrected chi connectivity index (χ4v) is 2.25. The van der Waals surface area contributed by atoms with Gasteiger partial charge in [-0.1, -0.05) is 18.2 Å². The minimum absolute atomic E-state index is 0.608. The van der Waals surface area contributed by atoms with E-state index in [0.717, 1.165) is 22.3 Å². The number of pyridine rings is 1. The van der Waals surface area contributed by atoms with E-state index >= 15 is 0 Å². The van der Waals surface area contributed by atoms with Crippen molar-refractivity contribution >= 4 is 27.6 Å². The molecule has 16 heavy (non-hydrogen) atoms. The number of anilines is 1. The van der Waals surface area contributed by atoms with Gasteiger partial charge in [0.25, 0.3) is 0 Å². The fraction of sp³-hybridized carbons (Fsp3) is 0.154. The molecule has 2 aromatic heterocycles. The van der Waals surface area contributed by atoms with Crippen LogP contribution < -0.4 is 5.73 Å². The Bertz CT molecular complexity index is 695. The first-order valence-corrected chi connectivity index (χ1v) is 5.31.